The van der Waals surface area contributed by atoms with E-state index in [1.807, 2.05) is 0 Å². The van der Waals surface area contributed by atoms with Crippen molar-refractivity contribution in [2.45, 2.75) is 18.9 Å². The quantitative estimate of drug-likeness (QED) is 0.635. The summed E-state index contributed by atoms with van der Waals surface area (Å²) in [6.45, 7) is 0. The normalized spacial score (nSPS) is 26.8. The van der Waals surface area contributed by atoms with E-state index in [1.165, 1.54) is 0 Å². The van der Waals surface area contributed by atoms with Crippen molar-refractivity contribution >= 4 is 22.0 Å². The van der Waals surface area contributed by atoms with Crippen LogP contribution in [-0.4, -0.2) is 26.0 Å². The van der Waals surface area contributed by atoms with Crippen LogP contribution in [0.2, 0.25) is 0 Å². The zero-order valence-electron chi connectivity index (χ0n) is 6.12. The molecule has 4 nitrogen and oxygen atoms in total. The fraction of sp³-hybridized carbons (Fsp3) is 1.00. The van der Waals surface area contributed by atoms with Gasteiger partial charge in [-0.15, -0.1) is 0 Å². The SMILES string of the molecule is NS(=O)(=O)NC1CCCSC1. The van der Waals surface area contributed by atoms with Crippen molar-refractivity contribution in [3.63, 3.8) is 0 Å². The van der Waals surface area contributed by atoms with Crippen LogP contribution in [0.25, 0.3) is 0 Å². The molecule has 0 saturated carbocycles. The summed E-state index contributed by atoms with van der Waals surface area (Å²) in [6, 6.07) is 0.0451. The van der Waals surface area contributed by atoms with E-state index in [4.69, 9.17) is 5.14 Å². The van der Waals surface area contributed by atoms with E-state index in [-0.39, 0.29) is 6.04 Å². The maximum Gasteiger partial charge on any atom is 0.274 e. The summed E-state index contributed by atoms with van der Waals surface area (Å²) in [5.74, 6) is 1.97. The van der Waals surface area contributed by atoms with Crippen molar-refractivity contribution in [2.75, 3.05) is 11.5 Å². The molecule has 1 rings (SSSR count). The Labute approximate surface area is 71.1 Å². The minimum Gasteiger partial charge on any atom is -0.216 e. The number of nitrogens with one attached hydrogen (secondary N) is 1. The smallest absolute Gasteiger partial charge is 0.216 e. The first-order valence-electron chi connectivity index (χ1n) is 3.46. The van der Waals surface area contributed by atoms with Crippen LogP contribution in [0, 0.1) is 0 Å². The van der Waals surface area contributed by atoms with Gasteiger partial charge in [0.05, 0.1) is 0 Å². The third-order valence-electron chi connectivity index (χ3n) is 1.49. The number of hydrogen-bond donors (Lipinski definition) is 2. The topological polar surface area (TPSA) is 72.2 Å². The number of nitrogens with two attached hydrogens (primary N) is 1. The average Bonchev–Trinajstić information content (AvgIpc) is 1.85. The lowest BCUT2D eigenvalue weighted by molar-refractivity contribution is 0.544. The van der Waals surface area contributed by atoms with E-state index in [2.05, 4.69) is 4.72 Å². The molecule has 0 aromatic rings. The summed E-state index contributed by atoms with van der Waals surface area (Å²) in [6.07, 6.45) is 1.97. The summed E-state index contributed by atoms with van der Waals surface area (Å²) >= 11 is 1.76. The molecule has 1 saturated heterocycles. The Morgan fingerprint density at radius 1 is 1.55 bits per heavy atom. The minimum atomic E-state index is -3.49. The Morgan fingerprint density at radius 3 is 2.73 bits per heavy atom. The Kier molecular flexibility index (Phi) is 3.17. The average molecular weight is 196 g/mol. The second-order valence-electron chi connectivity index (χ2n) is 2.58. The Bertz CT molecular complexity index is 209. The van der Waals surface area contributed by atoms with Gasteiger partial charge < -0.3 is 0 Å². The molecule has 66 valence electrons. The zero-order chi connectivity index (χ0) is 8.32. The molecule has 0 aliphatic carbocycles. The third-order valence-corrected chi connectivity index (χ3v) is 3.37. The highest BCUT2D eigenvalue weighted by atomic mass is 32.2. The Hall–Kier alpha value is 0.220. The molecule has 0 bridgehead atoms. The van der Waals surface area contributed by atoms with E-state index in [0.717, 1.165) is 24.3 Å². The molecule has 1 unspecified atom stereocenters. The van der Waals surface area contributed by atoms with Crippen molar-refractivity contribution in [3.05, 3.63) is 0 Å². The summed E-state index contributed by atoms with van der Waals surface area (Å²) in [4.78, 5) is 0. The van der Waals surface area contributed by atoms with Gasteiger partial charge in [-0.05, 0) is 18.6 Å². The lowest BCUT2D eigenvalue weighted by atomic mass is 10.2. The van der Waals surface area contributed by atoms with Gasteiger partial charge in [-0.1, -0.05) is 0 Å². The molecule has 1 aliphatic heterocycles. The van der Waals surface area contributed by atoms with Crippen molar-refractivity contribution in [1.82, 2.24) is 4.72 Å². The van der Waals surface area contributed by atoms with Crippen LogP contribution in [0.15, 0.2) is 0 Å². The molecule has 1 atom stereocenters. The number of rotatable bonds is 2. The van der Waals surface area contributed by atoms with Crippen LogP contribution in [0.3, 0.4) is 0 Å². The lowest BCUT2D eigenvalue weighted by Gasteiger charge is -2.20. The number of thioether (sulfide) groups is 1. The van der Waals surface area contributed by atoms with Crippen LogP contribution in [0.1, 0.15) is 12.8 Å². The van der Waals surface area contributed by atoms with Crippen molar-refractivity contribution in [1.29, 1.82) is 0 Å². The van der Waals surface area contributed by atoms with Gasteiger partial charge in [0.1, 0.15) is 0 Å². The molecule has 1 aliphatic rings. The molecule has 1 fully saturated rings. The van der Waals surface area contributed by atoms with Crippen LogP contribution in [-0.2, 0) is 10.2 Å². The van der Waals surface area contributed by atoms with Crippen molar-refractivity contribution in [3.8, 4) is 0 Å². The molecule has 0 radical (unpaired) electrons. The molecule has 0 amide bonds. The highest BCUT2D eigenvalue weighted by Gasteiger charge is 2.16. The fourth-order valence-corrected chi connectivity index (χ4v) is 2.91. The van der Waals surface area contributed by atoms with E-state index in [9.17, 15) is 8.42 Å². The maximum atomic E-state index is 10.6. The summed E-state index contributed by atoms with van der Waals surface area (Å²) in [5.41, 5.74) is 0. The lowest BCUT2D eigenvalue weighted by Crippen LogP contribution is -2.41. The van der Waals surface area contributed by atoms with Crippen LogP contribution in [0.4, 0.5) is 0 Å². The molecule has 0 aromatic heterocycles. The van der Waals surface area contributed by atoms with Crippen molar-refractivity contribution < 1.29 is 8.42 Å². The van der Waals surface area contributed by atoms with Gasteiger partial charge >= 0.3 is 0 Å². The third kappa shape index (κ3) is 3.95. The van der Waals surface area contributed by atoms with E-state index < -0.39 is 10.2 Å². The maximum absolute atomic E-state index is 10.6. The molecule has 0 spiro atoms. The second kappa shape index (κ2) is 3.75. The van der Waals surface area contributed by atoms with Crippen molar-refractivity contribution in [2.24, 2.45) is 5.14 Å². The monoisotopic (exact) mass is 196 g/mol. The Balaban J connectivity index is 2.36. The van der Waals surface area contributed by atoms with Gasteiger partial charge in [0.15, 0.2) is 0 Å². The van der Waals surface area contributed by atoms with Crippen LogP contribution in [0.5, 0.6) is 0 Å². The Morgan fingerprint density at radius 2 is 2.27 bits per heavy atom. The van der Waals surface area contributed by atoms with E-state index in [0.29, 0.717) is 0 Å². The molecule has 3 N–H and O–H groups in total. The standard InChI is InChI=1S/C5H12N2O2S2/c6-11(8,9)7-5-2-1-3-10-4-5/h5,7H,1-4H2,(H2,6,8,9). The first kappa shape index (κ1) is 9.31. The molecule has 0 aromatic carbocycles. The summed E-state index contributed by atoms with van der Waals surface area (Å²) < 4.78 is 23.5. The molecular formula is C5H12N2O2S2. The van der Waals surface area contributed by atoms with Gasteiger partial charge in [-0.2, -0.15) is 24.9 Å². The first-order chi connectivity index (χ1) is 5.08. The van der Waals surface area contributed by atoms with Gasteiger partial charge in [0.25, 0.3) is 10.2 Å². The summed E-state index contributed by atoms with van der Waals surface area (Å²) in [5, 5.41) is 4.82. The molecule has 11 heavy (non-hydrogen) atoms. The highest BCUT2D eigenvalue weighted by Crippen LogP contribution is 2.16. The van der Waals surface area contributed by atoms with Gasteiger partial charge in [0, 0.05) is 11.8 Å². The largest absolute Gasteiger partial charge is 0.274 e. The van der Waals surface area contributed by atoms with Crippen LogP contribution >= 0.6 is 11.8 Å². The van der Waals surface area contributed by atoms with Crippen LogP contribution < -0.4 is 9.86 Å². The van der Waals surface area contributed by atoms with Gasteiger partial charge in [-0.25, -0.2) is 5.14 Å². The van der Waals surface area contributed by atoms with Gasteiger partial charge in [-0.3, -0.25) is 0 Å². The zero-order valence-corrected chi connectivity index (χ0v) is 7.75. The highest BCUT2D eigenvalue weighted by molar-refractivity contribution is 7.99. The fourth-order valence-electron chi connectivity index (χ4n) is 1.07. The molecule has 1 heterocycles. The first-order valence-corrected chi connectivity index (χ1v) is 6.16. The predicted molar refractivity (Wildman–Crippen MR) is 46.6 cm³/mol. The summed E-state index contributed by atoms with van der Waals surface area (Å²) in [7, 11) is -3.49. The predicted octanol–water partition coefficient (Wildman–Crippen LogP) is -0.325. The molecule has 6 heteroatoms. The van der Waals surface area contributed by atoms with Gasteiger partial charge in [0.2, 0.25) is 0 Å². The van der Waals surface area contributed by atoms with E-state index >= 15 is 0 Å². The number of hydrogen-bond acceptors (Lipinski definition) is 3. The molecular weight excluding hydrogens is 184 g/mol. The second-order valence-corrected chi connectivity index (χ2v) is 5.05. The van der Waals surface area contributed by atoms with E-state index in [1.54, 1.807) is 11.8 Å². The minimum absolute atomic E-state index is 0.0451.